The molecule has 1 rings (SSSR count). The zero-order valence-electron chi connectivity index (χ0n) is 8.08. The van der Waals surface area contributed by atoms with Crippen molar-refractivity contribution in [1.29, 1.82) is 5.41 Å². The van der Waals surface area contributed by atoms with E-state index in [-0.39, 0.29) is 19.0 Å². The Kier molecular flexibility index (Phi) is 3.48. The molecule has 0 aliphatic carbocycles. The van der Waals surface area contributed by atoms with E-state index >= 15 is 0 Å². The summed E-state index contributed by atoms with van der Waals surface area (Å²) in [5, 5.41) is 15.8. The normalized spacial score (nSPS) is 9.86. The Bertz CT molecular complexity index is 337. The van der Waals surface area contributed by atoms with Gasteiger partial charge in [0.05, 0.1) is 6.61 Å². The molecule has 0 fully saturated rings. The molecule has 0 aromatic heterocycles. The molecule has 1 aromatic carbocycles. The lowest BCUT2D eigenvalue weighted by Crippen LogP contribution is -2.12. The highest BCUT2D eigenvalue weighted by molar-refractivity contribution is 5.96. The minimum absolute atomic E-state index is 0.00644. The topological polar surface area (TPSA) is 79.3 Å². The molecule has 0 spiro atoms. The van der Waals surface area contributed by atoms with Crippen molar-refractivity contribution < 1.29 is 9.84 Å². The van der Waals surface area contributed by atoms with E-state index in [1.54, 1.807) is 18.2 Å². The summed E-state index contributed by atoms with van der Waals surface area (Å²) in [7, 11) is 0. The number of aliphatic hydroxyl groups is 1. The maximum absolute atomic E-state index is 8.56. The third kappa shape index (κ3) is 2.47. The van der Waals surface area contributed by atoms with Crippen LogP contribution in [0.15, 0.2) is 18.2 Å². The maximum atomic E-state index is 8.56. The fourth-order valence-electron chi connectivity index (χ4n) is 1.19. The Labute approximate surface area is 82.8 Å². The van der Waals surface area contributed by atoms with Crippen LogP contribution in [0.1, 0.15) is 11.1 Å². The molecule has 0 saturated heterocycles. The Balaban J connectivity index is 2.83. The van der Waals surface area contributed by atoms with Gasteiger partial charge < -0.3 is 15.6 Å². The Morgan fingerprint density at radius 1 is 1.57 bits per heavy atom. The lowest BCUT2D eigenvalue weighted by atomic mass is 10.1. The highest BCUT2D eigenvalue weighted by atomic mass is 16.5. The van der Waals surface area contributed by atoms with Gasteiger partial charge in [0.15, 0.2) is 0 Å². The average molecular weight is 194 g/mol. The summed E-state index contributed by atoms with van der Waals surface area (Å²) in [5.41, 5.74) is 6.97. The molecule has 0 aliphatic rings. The number of nitrogens with one attached hydrogen (secondary N) is 1. The van der Waals surface area contributed by atoms with Crippen LogP contribution in [0, 0.1) is 12.3 Å². The largest absolute Gasteiger partial charge is 0.491 e. The lowest BCUT2D eigenvalue weighted by Gasteiger charge is -2.08. The minimum Gasteiger partial charge on any atom is -0.491 e. The van der Waals surface area contributed by atoms with Gasteiger partial charge in [0.2, 0.25) is 0 Å². The highest BCUT2D eigenvalue weighted by Gasteiger charge is 2.02. The van der Waals surface area contributed by atoms with Gasteiger partial charge >= 0.3 is 0 Å². The smallest absolute Gasteiger partial charge is 0.123 e. The fraction of sp³-hybridized carbons (Fsp3) is 0.300. The molecule has 76 valence electrons. The molecule has 4 N–H and O–H groups in total. The SMILES string of the molecule is Cc1cc(OCCO)ccc1C(=N)N. The van der Waals surface area contributed by atoms with Crippen molar-refractivity contribution in [3.63, 3.8) is 0 Å². The molecule has 1 aromatic rings. The third-order valence-corrected chi connectivity index (χ3v) is 1.85. The number of aryl methyl sites for hydroxylation is 1. The van der Waals surface area contributed by atoms with E-state index < -0.39 is 0 Å². The van der Waals surface area contributed by atoms with E-state index in [0.717, 1.165) is 5.56 Å². The van der Waals surface area contributed by atoms with Gasteiger partial charge in [-0.2, -0.15) is 0 Å². The van der Waals surface area contributed by atoms with Crippen molar-refractivity contribution in [2.75, 3.05) is 13.2 Å². The summed E-state index contributed by atoms with van der Waals surface area (Å²) in [6.45, 7) is 2.13. The standard InChI is InChI=1S/C10H14N2O2/c1-7-6-8(14-5-4-13)2-3-9(7)10(11)12/h2-3,6,13H,4-5H2,1H3,(H3,11,12). The first-order valence-corrected chi connectivity index (χ1v) is 4.34. The van der Waals surface area contributed by atoms with Gasteiger partial charge in [-0.05, 0) is 30.7 Å². The van der Waals surface area contributed by atoms with Gasteiger partial charge in [-0.3, -0.25) is 5.41 Å². The number of aliphatic hydroxyl groups excluding tert-OH is 1. The summed E-state index contributed by atoms with van der Waals surface area (Å²) < 4.78 is 5.21. The van der Waals surface area contributed by atoms with Gasteiger partial charge in [-0.25, -0.2) is 0 Å². The second-order valence-corrected chi connectivity index (χ2v) is 2.96. The maximum Gasteiger partial charge on any atom is 0.123 e. The molecular weight excluding hydrogens is 180 g/mol. The van der Waals surface area contributed by atoms with Crippen LogP contribution in [0.5, 0.6) is 5.75 Å². The Morgan fingerprint density at radius 3 is 2.79 bits per heavy atom. The van der Waals surface area contributed by atoms with E-state index in [9.17, 15) is 0 Å². The van der Waals surface area contributed by atoms with Crippen LogP contribution in [0.25, 0.3) is 0 Å². The van der Waals surface area contributed by atoms with Crippen molar-refractivity contribution >= 4 is 5.84 Å². The zero-order chi connectivity index (χ0) is 10.6. The molecule has 0 radical (unpaired) electrons. The number of hydrogen-bond donors (Lipinski definition) is 3. The molecule has 0 amide bonds. The Hall–Kier alpha value is -1.55. The van der Waals surface area contributed by atoms with Gasteiger partial charge in [0, 0.05) is 5.56 Å². The number of ether oxygens (including phenoxy) is 1. The minimum atomic E-state index is -0.00644. The first-order chi connectivity index (χ1) is 6.65. The lowest BCUT2D eigenvalue weighted by molar-refractivity contribution is 0.201. The van der Waals surface area contributed by atoms with Crippen LogP contribution in [-0.4, -0.2) is 24.2 Å². The van der Waals surface area contributed by atoms with Gasteiger partial charge in [0.25, 0.3) is 0 Å². The van der Waals surface area contributed by atoms with Crippen LogP contribution in [-0.2, 0) is 0 Å². The number of amidine groups is 1. The number of nitrogens with two attached hydrogens (primary N) is 1. The molecule has 0 saturated carbocycles. The third-order valence-electron chi connectivity index (χ3n) is 1.85. The zero-order valence-corrected chi connectivity index (χ0v) is 8.08. The van der Waals surface area contributed by atoms with Gasteiger partial charge in [-0.1, -0.05) is 0 Å². The monoisotopic (exact) mass is 194 g/mol. The Morgan fingerprint density at radius 2 is 2.29 bits per heavy atom. The number of rotatable bonds is 4. The molecule has 0 bridgehead atoms. The van der Waals surface area contributed by atoms with Gasteiger partial charge in [0.1, 0.15) is 18.2 Å². The molecule has 0 heterocycles. The molecule has 4 heteroatoms. The van der Waals surface area contributed by atoms with E-state index in [1.807, 2.05) is 6.92 Å². The average Bonchev–Trinajstić information content (AvgIpc) is 2.14. The molecule has 4 nitrogen and oxygen atoms in total. The first kappa shape index (κ1) is 10.5. The highest BCUT2D eigenvalue weighted by Crippen LogP contribution is 2.16. The van der Waals surface area contributed by atoms with E-state index in [4.69, 9.17) is 21.0 Å². The van der Waals surface area contributed by atoms with E-state index in [1.165, 1.54) is 0 Å². The molecule has 14 heavy (non-hydrogen) atoms. The van der Waals surface area contributed by atoms with Crippen LogP contribution in [0.2, 0.25) is 0 Å². The number of benzene rings is 1. The quantitative estimate of drug-likeness (QED) is 0.486. The summed E-state index contributed by atoms with van der Waals surface area (Å²) in [4.78, 5) is 0. The molecular formula is C10H14N2O2. The predicted molar refractivity (Wildman–Crippen MR) is 54.8 cm³/mol. The predicted octanol–water partition coefficient (Wildman–Crippen LogP) is 0.650. The van der Waals surface area contributed by atoms with Crippen molar-refractivity contribution in [3.05, 3.63) is 29.3 Å². The fourth-order valence-corrected chi connectivity index (χ4v) is 1.19. The van der Waals surface area contributed by atoms with Crippen LogP contribution in [0.3, 0.4) is 0 Å². The van der Waals surface area contributed by atoms with Crippen LogP contribution >= 0.6 is 0 Å². The summed E-state index contributed by atoms with van der Waals surface area (Å²) in [5.74, 6) is 0.734. The number of hydrogen-bond acceptors (Lipinski definition) is 3. The second kappa shape index (κ2) is 4.62. The second-order valence-electron chi connectivity index (χ2n) is 2.96. The van der Waals surface area contributed by atoms with Crippen molar-refractivity contribution in [1.82, 2.24) is 0 Å². The summed E-state index contributed by atoms with van der Waals surface area (Å²) in [6, 6.07) is 5.27. The summed E-state index contributed by atoms with van der Waals surface area (Å²) in [6.07, 6.45) is 0. The first-order valence-electron chi connectivity index (χ1n) is 4.34. The molecule has 0 unspecified atom stereocenters. The van der Waals surface area contributed by atoms with E-state index in [2.05, 4.69) is 0 Å². The van der Waals surface area contributed by atoms with Crippen LogP contribution < -0.4 is 10.5 Å². The van der Waals surface area contributed by atoms with Crippen LogP contribution in [0.4, 0.5) is 0 Å². The molecule has 0 atom stereocenters. The van der Waals surface area contributed by atoms with Crippen molar-refractivity contribution in [3.8, 4) is 5.75 Å². The molecule has 0 aliphatic heterocycles. The van der Waals surface area contributed by atoms with Crippen molar-refractivity contribution in [2.24, 2.45) is 5.73 Å². The van der Waals surface area contributed by atoms with E-state index in [0.29, 0.717) is 11.3 Å². The van der Waals surface area contributed by atoms with Gasteiger partial charge in [-0.15, -0.1) is 0 Å². The van der Waals surface area contributed by atoms with Crippen molar-refractivity contribution in [2.45, 2.75) is 6.92 Å². The number of nitrogen functional groups attached to an aromatic ring is 1. The summed E-state index contributed by atoms with van der Waals surface area (Å²) >= 11 is 0.